The molecule has 1 amide bonds. The van der Waals surface area contributed by atoms with Crippen LogP contribution in [0, 0.1) is 0 Å². The van der Waals surface area contributed by atoms with Gasteiger partial charge in [-0.1, -0.05) is 29.3 Å². The van der Waals surface area contributed by atoms with Crippen LogP contribution in [0.2, 0.25) is 10.2 Å². The number of hydrogen-bond acceptors (Lipinski definition) is 4. The van der Waals surface area contributed by atoms with Gasteiger partial charge < -0.3 is 14.8 Å². The Morgan fingerprint density at radius 3 is 2.78 bits per heavy atom. The monoisotopic (exact) mass is 403 g/mol. The number of anilines is 1. The molecule has 0 unspecified atom stereocenters. The number of nitrogens with zero attached hydrogens (tertiary/aromatic N) is 2. The molecule has 0 spiro atoms. The van der Waals surface area contributed by atoms with Crippen molar-refractivity contribution in [1.82, 2.24) is 9.38 Å². The van der Waals surface area contributed by atoms with E-state index < -0.39 is 0 Å². The number of benzene rings is 1. The third kappa shape index (κ3) is 3.72. The summed E-state index contributed by atoms with van der Waals surface area (Å²) in [6, 6.07) is 8.87. The van der Waals surface area contributed by atoms with E-state index in [0.717, 1.165) is 6.42 Å². The number of halogens is 2. The van der Waals surface area contributed by atoms with E-state index in [4.69, 9.17) is 32.7 Å². The first kappa shape index (κ1) is 17.7. The highest BCUT2D eigenvalue weighted by Crippen LogP contribution is 2.37. The van der Waals surface area contributed by atoms with Crippen molar-refractivity contribution >= 4 is 46.5 Å². The molecule has 6 nitrogen and oxygen atoms in total. The van der Waals surface area contributed by atoms with Gasteiger partial charge in [0.05, 0.1) is 29.6 Å². The van der Waals surface area contributed by atoms with Crippen LogP contribution >= 0.6 is 23.2 Å². The fourth-order valence-corrected chi connectivity index (χ4v) is 3.19. The Bertz CT molecular complexity index is 1050. The van der Waals surface area contributed by atoms with E-state index in [9.17, 15) is 4.79 Å². The number of fused-ring (bicyclic) bond motifs is 2. The Hall–Kier alpha value is -2.70. The van der Waals surface area contributed by atoms with Crippen molar-refractivity contribution in [2.45, 2.75) is 6.42 Å². The second-order valence-electron chi connectivity index (χ2n) is 5.87. The lowest BCUT2D eigenvalue weighted by Gasteiger charge is -2.11. The highest BCUT2D eigenvalue weighted by atomic mass is 35.5. The Labute approximate surface area is 165 Å². The minimum Gasteiger partial charge on any atom is -0.490 e. The topological polar surface area (TPSA) is 64.9 Å². The lowest BCUT2D eigenvalue weighted by molar-refractivity contribution is -0.111. The number of amides is 1. The van der Waals surface area contributed by atoms with Gasteiger partial charge in [0.25, 0.3) is 0 Å². The van der Waals surface area contributed by atoms with Gasteiger partial charge in [0, 0.05) is 30.8 Å². The van der Waals surface area contributed by atoms with Gasteiger partial charge in [-0.15, -0.1) is 0 Å². The SMILES string of the molecule is O=C(/C=C/c1c(Cl)nc2ccccn12)Nc1cc2c(cc1Cl)OCCCO2. The van der Waals surface area contributed by atoms with Gasteiger partial charge in [-0.2, -0.15) is 0 Å². The van der Waals surface area contributed by atoms with Crippen LogP contribution in [0.5, 0.6) is 11.5 Å². The Kier molecular flexibility index (Phi) is 4.92. The van der Waals surface area contributed by atoms with E-state index in [-0.39, 0.29) is 5.91 Å². The van der Waals surface area contributed by atoms with Crippen molar-refractivity contribution in [3.05, 3.63) is 58.5 Å². The van der Waals surface area contributed by atoms with Crippen molar-refractivity contribution in [2.75, 3.05) is 18.5 Å². The lowest BCUT2D eigenvalue weighted by Crippen LogP contribution is -2.08. The zero-order chi connectivity index (χ0) is 18.8. The number of imidazole rings is 1. The Balaban J connectivity index is 1.55. The maximum absolute atomic E-state index is 12.3. The van der Waals surface area contributed by atoms with Crippen molar-refractivity contribution in [2.24, 2.45) is 0 Å². The molecular weight excluding hydrogens is 389 g/mol. The minimum absolute atomic E-state index is 0.318. The van der Waals surface area contributed by atoms with Gasteiger partial charge in [0.1, 0.15) is 5.65 Å². The molecule has 0 atom stereocenters. The minimum atomic E-state index is -0.353. The van der Waals surface area contributed by atoms with Gasteiger partial charge in [0.15, 0.2) is 16.7 Å². The summed E-state index contributed by atoms with van der Waals surface area (Å²) in [5, 5.41) is 3.43. The number of hydrogen-bond donors (Lipinski definition) is 1. The second kappa shape index (κ2) is 7.50. The molecule has 138 valence electrons. The summed E-state index contributed by atoms with van der Waals surface area (Å²) >= 11 is 12.4. The maximum Gasteiger partial charge on any atom is 0.248 e. The van der Waals surface area contributed by atoms with Gasteiger partial charge in [-0.3, -0.25) is 9.20 Å². The molecule has 0 saturated carbocycles. The van der Waals surface area contributed by atoms with Crippen molar-refractivity contribution in [3.63, 3.8) is 0 Å². The summed E-state index contributed by atoms with van der Waals surface area (Å²) in [6.07, 6.45) is 5.60. The number of carbonyl (C=O) groups excluding carboxylic acids is 1. The third-order valence-electron chi connectivity index (χ3n) is 4.01. The molecule has 0 fully saturated rings. The van der Waals surface area contributed by atoms with Gasteiger partial charge >= 0.3 is 0 Å². The predicted octanol–water partition coefficient (Wildman–Crippen LogP) is 4.45. The molecule has 0 saturated heterocycles. The number of rotatable bonds is 3. The first-order valence-corrected chi connectivity index (χ1v) is 9.08. The molecule has 27 heavy (non-hydrogen) atoms. The average Bonchev–Trinajstić information content (AvgIpc) is 2.81. The number of nitrogens with one attached hydrogen (secondary N) is 1. The van der Waals surface area contributed by atoms with E-state index in [1.165, 1.54) is 6.08 Å². The van der Waals surface area contributed by atoms with E-state index in [2.05, 4.69) is 10.3 Å². The zero-order valence-corrected chi connectivity index (χ0v) is 15.6. The largest absolute Gasteiger partial charge is 0.490 e. The Morgan fingerprint density at radius 2 is 1.96 bits per heavy atom. The summed E-state index contributed by atoms with van der Waals surface area (Å²) in [5.41, 5.74) is 1.76. The van der Waals surface area contributed by atoms with Crippen LogP contribution in [0.3, 0.4) is 0 Å². The van der Waals surface area contributed by atoms with Crippen LogP contribution in [0.15, 0.2) is 42.6 Å². The second-order valence-corrected chi connectivity index (χ2v) is 6.63. The van der Waals surface area contributed by atoms with E-state index in [1.54, 1.807) is 22.6 Å². The summed E-state index contributed by atoms with van der Waals surface area (Å²) in [7, 11) is 0. The van der Waals surface area contributed by atoms with E-state index in [1.807, 2.05) is 24.4 Å². The summed E-state index contributed by atoms with van der Waals surface area (Å²) in [6.45, 7) is 1.12. The number of carbonyl (C=O) groups is 1. The van der Waals surface area contributed by atoms with Crippen LogP contribution in [0.25, 0.3) is 11.7 Å². The van der Waals surface area contributed by atoms with Crippen LogP contribution < -0.4 is 14.8 Å². The molecule has 0 aliphatic carbocycles. The molecule has 4 rings (SSSR count). The first-order valence-electron chi connectivity index (χ1n) is 8.32. The average molecular weight is 404 g/mol. The van der Waals surface area contributed by atoms with E-state index >= 15 is 0 Å². The molecule has 8 heteroatoms. The normalized spacial score (nSPS) is 13.7. The van der Waals surface area contributed by atoms with E-state index in [0.29, 0.717) is 51.9 Å². The number of aromatic nitrogens is 2. The van der Waals surface area contributed by atoms with Gasteiger partial charge in [0.2, 0.25) is 5.91 Å². The Morgan fingerprint density at radius 1 is 1.19 bits per heavy atom. The third-order valence-corrected chi connectivity index (χ3v) is 4.60. The fraction of sp³-hybridized carbons (Fsp3) is 0.158. The van der Waals surface area contributed by atoms with Gasteiger partial charge in [-0.25, -0.2) is 4.98 Å². The number of ether oxygens (including phenoxy) is 2. The standard InChI is InChI=1S/C19H15Cl2N3O3/c20-12-10-15-16(27-9-3-8-26-15)11-13(12)22-18(25)6-5-14-19(21)23-17-4-1-2-7-24(14)17/h1-2,4-7,10-11H,3,8-9H2,(H,22,25)/b6-5+. The van der Waals surface area contributed by atoms with Crippen LogP contribution in [0.4, 0.5) is 5.69 Å². The van der Waals surface area contributed by atoms with Crippen molar-refractivity contribution in [1.29, 1.82) is 0 Å². The lowest BCUT2D eigenvalue weighted by atomic mass is 10.2. The molecule has 0 radical (unpaired) electrons. The number of pyridine rings is 1. The van der Waals surface area contributed by atoms with Crippen LogP contribution in [-0.4, -0.2) is 28.5 Å². The quantitative estimate of drug-likeness (QED) is 0.655. The maximum atomic E-state index is 12.3. The highest BCUT2D eigenvalue weighted by Gasteiger charge is 2.15. The van der Waals surface area contributed by atoms with Gasteiger partial charge in [-0.05, 0) is 18.2 Å². The molecule has 1 aromatic carbocycles. The summed E-state index contributed by atoms with van der Waals surface area (Å²) < 4.78 is 13.0. The van der Waals surface area contributed by atoms with Crippen LogP contribution in [0.1, 0.15) is 12.1 Å². The molecule has 0 bridgehead atoms. The zero-order valence-electron chi connectivity index (χ0n) is 14.1. The molecular formula is C19H15Cl2N3O3. The first-order chi connectivity index (χ1) is 13.1. The molecule has 1 N–H and O–H groups in total. The molecule has 1 aliphatic rings. The van der Waals surface area contributed by atoms with Crippen LogP contribution in [-0.2, 0) is 4.79 Å². The fourth-order valence-electron chi connectivity index (χ4n) is 2.74. The van der Waals surface area contributed by atoms with Crippen molar-refractivity contribution < 1.29 is 14.3 Å². The smallest absolute Gasteiger partial charge is 0.248 e. The highest BCUT2D eigenvalue weighted by molar-refractivity contribution is 6.34. The van der Waals surface area contributed by atoms with Crippen molar-refractivity contribution in [3.8, 4) is 11.5 Å². The molecule has 3 heterocycles. The molecule has 2 aromatic heterocycles. The predicted molar refractivity (Wildman–Crippen MR) is 105 cm³/mol. The molecule has 1 aliphatic heterocycles. The summed E-state index contributed by atoms with van der Waals surface area (Å²) in [4.78, 5) is 16.6. The molecule has 3 aromatic rings. The summed E-state index contributed by atoms with van der Waals surface area (Å²) in [5.74, 6) is 0.776.